The molecule has 4 fully saturated rings. The molecule has 0 heterocycles. The number of hydrogen-bond acceptors (Lipinski definition) is 3. The second-order valence-electron chi connectivity index (χ2n) is 11.3. The lowest BCUT2D eigenvalue weighted by Crippen LogP contribution is -2.60. The van der Waals surface area contributed by atoms with Crippen LogP contribution in [0.4, 0.5) is 0 Å². The summed E-state index contributed by atoms with van der Waals surface area (Å²) in [6.45, 7) is 7.02. The van der Waals surface area contributed by atoms with Crippen LogP contribution in [0.3, 0.4) is 0 Å². The van der Waals surface area contributed by atoms with Gasteiger partial charge in [-0.15, -0.1) is 0 Å². The number of carbonyl (C=O) groups is 2. The Morgan fingerprint density at radius 1 is 1.03 bits per heavy atom. The number of fused-ring (bicyclic) bond motifs is 5. The molecule has 4 rings (SSSR count). The van der Waals surface area contributed by atoms with Gasteiger partial charge in [0, 0.05) is 18.3 Å². The molecule has 4 aliphatic carbocycles. The van der Waals surface area contributed by atoms with Crippen molar-refractivity contribution in [2.24, 2.45) is 46.3 Å². The first-order valence-electron chi connectivity index (χ1n) is 12.2. The van der Waals surface area contributed by atoms with Crippen molar-refractivity contribution in [2.45, 2.75) is 97.5 Å². The van der Waals surface area contributed by atoms with Gasteiger partial charge in [-0.1, -0.05) is 20.8 Å². The molecule has 0 aromatic heterocycles. The molecule has 4 saturated carbocycles. The minimum Gasteiger partial charge on any atom is -0.481 e. The third-order valence-corrected chi connectivity index (χ3v) is 10.3. The second-order valence-corrected chi connectivity index (χ2v) is 11.3. The van der Waals surface area contributed by atoms with Crippen LogP contribution in [-0.2, 0) is 9.59 Å². The molecule has 9 atom stereocenters. The Hall–Kier alpha value is -0.900. The van der Waals surface area contributed by atoms with Gasteiger partial charge < -0.3 is 10.2 Å². The quantitative estimate of drug-likeness (QED) is 0.670. The number of Topliss-reactive ketones (excluding diaryl/α,β-unsaturated/α-hetero) is 1. The van der Waals surface area contributed by atoms with Crippen molar-refractivity contribution in [1.29, 1.82) is 0 Å². The highest BCUT2D eigenvalue weighted by atomic mass is 16.4. The first-order valence-corrected chi connectivity index (χ1v) is 12.2. The van der Waals surface area contributed by atoms with Crippen LogP contribution in [-0.4, -0.2) is 28.1 Å². The Labute approximate surface area is 175 Å². The Bertz CT molecular complexity index is 659. The molecular formula is C25H40O4. The third-order valence-electron chi connectivity index (χ3n) is 10.3. The molecular weight excluding hydrogens is 364 g/mol. The number of rotatable bonds is 5. The maximum atomic E-state index is 13.8. The van der Waals surface area contributed by atoms with E-state index in [0.717, 1.165) is 57.8 Å². The number of aliphatic carboxylic acids is 1. The van der Waals surface area contributed by atoms with E-state index in [-0.39, 0.29) is 35.2 Å². The summed E-state index contributed by atoms with van der Waals surface area (Å²) in [6.07, 6.45) is 10.1. The van der Waals surface area contributed by atoms with E-state index in [2.05, 4.69) is 20.8 Å². The van der Waals surface area contributed by atoms with Gasteiger partial charge in [0.2, 0.25) is 0 Å². The Morgan fingerprint density at radius 2 is 1.72 bits per heavy atom. The minimum absolute atomic E-state index is 0.115. The first-order chi connectivity index (χ1) is 13.7. The largest absolute Gasteiger partial charge is 0.481 e. The molecule has 29 heavy (non-hydrogen) atoms. The number of carbonyl (C=O) groups excluding carboxylic acids is 1. The zero-order chi connectivity index (χ0) is 21.0. The van der Waals surface area contributed by atoms with Gasteiger partial charge in [-0.2, -0.15) is 0 Å². The Balaban J connectivity index is 1.60. The number of carboxylic acids is 1. The predicted octanol–water partition coefficient (Wildman–Crippen LogP) is 5.08. The molecule has 0 aromatic rings. The fourth-order valence-electron chi connectivity index (χ4n) is 8.72. The lowest BCUT2D eigenvalue weighted by molar-refractivity contribution is -0.172. The first kappa shape index (κ1) is 21.3. The van der Waals surface area contributed by atoms with Crippen LogP contribution in [0.1, 0.15) is 91.4 Å². The number of aliphatic hydroxyl groups excluding tert-OH is 1. The zero-order valence-electron chi connectivity index (χ0n) is 18.5. The fourth-order valence-corrected chi connectivity index (χ4v) is 8.72. The van der Waals surface area contributed by atoms with Gasteiger partial charge in [-0.25, -0.2) is 0 Å². The molecule has 4 nitrogen and oxygen atoms in total. The van der Waals surface area contributed by atoms with Crippen molar-refractivity contribution < 1.29 is 19.8 Å². The summed E-state index contributed by atoms with van der Waals surface area (Å²) in [5.41, 5.74) is 0.395. The van der Waals surface area contributed by atoms with E-state index < -0.39 is 5.97 Å². The number of aliphatic hydroxyl groups is 1. The van der Waals surface area contributed by atoms with Crippen molar-refractivity contribution in [1.82, 2.24) is 0 Å². The fraction of sp³-hybridized carbons (Fsp3) is 0.920. The lowest BCUT2D eigenvalue weighted by Gasteiger charge is -2.62. The van der Waals surface area contributed by atoms with Gasteiger partial charge in [-0.3, -0.25) is 9.59 Å². The SMILES string of the molecule is CC[C@H]1C(=O)C2C3CCC(CCCC(=O)O)C3(C)CCC2C2(C)CC[C@@H](O)CC12. The summed E-state index contributed by atoms with van der Waals surface area (Å²) in [7, 11) is 0. The highest BCUT2D eigenvalue weighted by molar-refractivity contribution is 5.86. The van der Waals surface area contributed by atoms with Gasteiger partial charge in [0.05, 0.1) is 6.10 Å². The van der Waals surface area contributed by atoms with Crippen LogP contribution < -0.4 is 0 Å². The van der Waals surface area contributed by atoms with Crippen molar-refractivity contribution in [3.8, 4) is 0 Å². The van der Waals surface area contributed by atoms with Crippen molar-refractivity contribution in [3.63, 3.8) is 0 Å². The smallest absolute Gasteiger partial charge is 0.303 e. The average Bonchev–Trinajstić information content (AvgIpc) is 3.00. The van der Waals surface area contributed by atoms with Crippen LogP contribution in [0.15, 0.2) is 0 Å². The summed E-state index contributed by atoms with van der Waals surface area (Å²) in [4.78, 5) is 24.8. The maximum Gasteiger partial charge on any atom is 0.303 e. The predicted molar refractivity (Wildman–Crippen MR) is 112 cm³/mol. The van der Waals surface area contributed by atoms with E-state index >= 15 is 0 Å². The molecule has 0 bridgehead atoms. The second kappa shape index (κ2) is 7.66. The number of hydrogen-bond donors (Lipinski definition) is 2. The van der Waals surface area contributed by atoms with E-state index in [0.29, 0.717) is 29.5 Å². The zero-order valence-corrected chi connectivity index (χ0v) is 18.5. The molecule has 7 unspecified atom stereocenters. The van der Waals surface area contributed by atoms with E-state index in [4.69, 9.17) is 5.11 Å². The summed E-state index contributed by atoms with van der Waals surface area (Å²) in [5, 5.41) is 19.4. The third kappa shape index (κ3) is 3.28. The molecule has 0 saturated heterocycles. The molecule has 4 aliphatic rings. The number of carboxylic acid groups (broad SMARTS) is 1. The molecule has 0 aliphatic heterocycles. The minimum atomic E-state index is -0.694. The monoisotopic (exact) mass is 404 g/mol. The average molecular weight is 405 g/mol. The van der Waals surface area contributed by atoms with Crippen molar-refractivity contribution >= 4 is 11.8 Å². The van der Waals surface area contributed by atoms with Crippen LogP contribution in [0.5, 0.6) is 0 Å². The van der Waals surface area contributed by atoms with E-state index in [1.54, 1.807) is 0 Å². The standard InChI is InChI=1S/C25H40O4/c1-4-17-20-14-16(26)10-12-25(20,3)19-11-13-24(2)15(6-5-7-21(27)28)8-9-18(24)22(19)23(17)29/h15-20,22,26H,4-14H2,1-3H3,(H,27,28)/t15?,16-,17-,18?,19?,20?,22?,24?,25?/m1/s1. The Morgan fingerprint density at radius 3 is 2.41 bits per heavy atom. The highest BCUT2D eigenvalue weighted by Gasteiger charge is 2.64. The molecule has 164 valence electrons. The van der Waals surface area contributed by atoms with Crippen molar-refractivity contribution in [2.75, 3.05) is 0 Å². The van der Waals surface area contributed by atoms with E-state index in [1.807, 2.05) is 0 Å². The Kier molecular flexibility index (Phi) is 5.63. The van der Waals surface area contributed by atoms with Crippen LogP contribution >= 0.6 is 0 Å². The van der Waals surface area contributed by atoms with E-state index in [9.17, 15) is 14.7 Å². The summed E-state index contributed by atoms with van der Waals surface area (Å²) >= 11 is 0. The molecule has 4 heteroatoms. The molecule has 0 aromatic carbocycles. The van der Waals surface area contributed by atoms with Gasteiger partial charge in [0.1, 0.15) is 5.78 Å². The summed E-state index contributed by atoms with van der Waals surface area (Å²) in [5.74, 6) is 2.00. The van der Waals surface area contributed by atoms with Gasteiger partial charge in [0.25, 0.3) is 0 Å². The normalized spacial score (nSPS) is 49.2. The maximum absolute atomic E-state index is 13.8. The van der Waals surface area contributed by atoms with E-state index in [1.165, 1.54) is 6.42 Å². The van der Waals surface area contributed by atoms with Gasteiger partial charge in [0.15, 0.2) is 0 Å². The lowest BCUT2D eigenvalue weighted by atomic mass is 9.42. The van der Waals surface area contributed by atoms with Gasteiger partial charge >= 0.3 is 5.97 Å². The van der Waals surface area contributed by atoms with Crippen LogP contribution in [0, 0.1) is 46.3 Å². The number of ketones is 1. The summed E-state index contributed by atoms with van der Waals surface area (Å²) in [6, 6.07) is 0. The van der Waals surface area contributed by atoms with Crippen LogP contribution in [0.25, 0.3) is 0 Å². The van der Waals surface area contributed by atoms with Crippen LogP contribution in [0.2, 0.25) is 0 Å². The van der Waals surface area contributed by atoms with Gasteiger partial charge in [-0.05, 0) is 98.7 Å². The summed E-state index contributed by atoms with van der Waals surface area (Å²) < 4.78 is 0. The molecule has 2 N–H and O–H groups in total. The van der Waals surface area contributed by atoms with Crippen molar-refractivity contribution in [3.05, 3.63) is 0 Å². The molecule has 0 spiro atoms. The molecule has 0 radical (unpaired) electrons. The topological polar surface area (TPSA) is 74.6 Å². The highest BCUT2D eigenvalue weighted by Crippen LogP contribution is 2.68. The molecule has 0 amide bonds.